The van der Waals surface area contributed by atoms with Gasteiger partial charge in [0.25, 0.3) is 0 Å². The molecule has 0 amide bonds. The highest BCUT2D eigenvalue weighted by molar-refractivity contribution is 7.19. The smallest absolute Gasteiger partial charge is 0.161 e. The van der Waals surface area contributed by atoms with E-state index in [9.17, 15) is 0 Å². The molecule has 10 heteroatoms. The van der Waals surface area contributed by atoms with E-state index in [4.69, 9.17) is 21.6 Å². The van der Waals surface area contributed by atoms with Gasteiger partial charge in [-0.05, 0) is 30.3 Å². The average Bonchev–Trinajstić information content (AvgIpc) is 3.52. The summed E-state index contributed by atoms with van der Waals surface area (Å²) < 4.78 is 2.47. The molecule has 0 bridgehead atoms. The van der Waals surface area contributed by atoms with E-state index in [2.05, 4.69) is 25.3 Å². The van der Waals surface area contributed by atoms with E-state index in [1.807, 2.05) is 43.6 Å². The lowest BCUT2D eigenvalue weighted by molar-refractivity contribution is 0.768. The number of rotatable bonds is 3. The number of pyridine rings is 2. The molecule has 0 aliphatic carbocycles. The molecule has 0 aliphatic rings. The van der Waals surface area contributed by atoms with Gasteiger partial charge in [-0.15, -0.1) is 11.3 Å². The van der Waals surface area contributed by atoms with Gasteiger partial charge in [-0.1, -0.05) is 11.6 Å². The molecule has 0 unspecified atom stereocenters. The summed E-state index contributed by atoms with van der Waals surface area (Å²) >= 11 is 7.59. The molecular formula is C20H13ClN8S. The van der Waals surface area contributed by atoms with Crippen LogP contribution in [0.3, 0.4) is 0 Å². The fourth-order valence-electron chi connectivity index (χ4n) is 3.45. The van der Waals surface area contributed by atoms with E-state index in [0.717, 1.165) is 43.9 Å². The highest BCUT2D eigenvalue weighted by atomic mass is 35.5. The number of halogens is 1. The summed E-state index contributed by atoms with van der Waals surface area (Å²) in [6.45, 7) is 0. The Kier molecular flexibility index (Phi) is 3.74. The summed E-state index contributed by atoms with van der Waals surface area (Å²) in [5.41, 5.74) is 6.43. The van der Waals surface area contributed by atoms with Crippen molar-refractivity contribution in [3.63, 3.8) is 0 Å². The lowest BCUT2D eigenvalue weighted by atomic mass is 10.2. The molecule has 0 radical (unpaired) electrons. The van der Waals surface area contributed by atoms with Crippen molar-refractivity contribution in [3.8, 4) is 33.3 Å². The van der Waals surface area contributed by atoms with Crippen LogP contribution in [0.15, 0.2) is 48.9 Å². The second kappa shape index (κ2) is 6.48. The Hall–Kier alpha value is -3.56. The number of aromatic nitrogens is 8. The zero-order valence-corrected chi connectivity index (χ0v) is 17.2. The van der Waals surface area contributed by atoms with Gasteiger partial charge in [-0.25, -0.2) is 9.97 Å². The van der Waals surface area contributed by atoms with Gasteiger partial charge in [-0.2, -0.15) is 10.2 Å². The van der Waals surface area contributed by atoms with E-state index in [1.165, 1.54) is 11.3 Å². The summed E-state index contributed by atoms with van der Waals surface area (Å²) in [6, 6.07) is 9.62. The number of hydrogen-bond donors (Lipinski definition) is 2. The number of fused-ring (bicyclic) bond motifs is 2. The van der Waals surface area contributed by atoms with Crippen molar-refractivity contribution in [1.82, 2.24) is 39.9 Å². The predicted octanol–water partition coefficient (Wildman–Crippen LogP) is 4.68. The lowest BCUT2D eigenvalue weighted by Gasteiger charge is -1.98. The predicted molar refractivity (Wildman–Crippen MR) is 117 cm³/mol. The maximum Gasteiger partial charge on any atom is 0.161 e. The summed E-state index contributed by atoms with van der Waals surface area (Å²) in [7, 11) is 1.88. The van der Waals surface area contributed by atoms with Crippen molar-refractivity contribution in [2.24, 2.45) is 7.05 Å². The number of aryl methyl sites for hydroxylation is 1. The third kappa shape index (κ3) is 2.71. The SMILES string of the molecule is Cn1cc(-c2ccc3[nH]nc(-c4nc5c(-c6ccc(Cl)s6)nccc5[nH]4)c3n2)cn1. The van der Waals surface area contributed by atoms with E-state index in [-0.39, 0.29) is 0 Å². The molecule has 146 valence electrons. The number of nitrogens with one attached hydrogen (secondary N) is 2. The number of imidazole rings is 1. The minimum absolute atomic E-state index is 0.629. The minimum atomic E-state index is 0.629. The van der Waals surface area contributed by atoms with Crippen molar-refractivity contribution in [3.05, 3.63) is 53.3 Å². The van der Waals surface area contributed by atoms with Crippen LogP contribution in [-0.2, 0) is 7.05 Å². The van der Waals surface area contributed by atoms with Crippen molar-refractivity contribution in [2.75, 3.05) is 0 Å². The molecule has 6 aromatic heterocycles. The highest BCUT2D eigenvalue weighted by Gasteiger charge is 2.18. The largest absolute Gasteiger partial charge is 0.336 e. The summed E-state index contributed by atoms with van der Waals surface area (Å²) in [6.07, 6.45) is 5.48. The molecule has 0 saturated carbocycles. The first-order chi connectivity index (χ1) is 14.7. The Bertz CT molecular complexity index is 1540. The standard InChI is InChI=1S/C20H13ClN8S/c1-29-9-10(8-23-29)11-2-3-13-17(24-11)19(28-27-13)20-25-12-6-7-22-18(16(12)26-20)14-4-5-15(21)30-14/h2-9H,1H3,(H,25,26)(H,27,28). The molecule has 0 fully saturated rings. The van der Waals surface area contributed by atoms with Crippen molar-refractivity contribution in [2.45, 2.75) is 0 Å². The highest BCUT2D eigenvalue weighted by Crippen LogP contribution is 2.34. The molecule has 6 aromatic rings. The third-order valence-electron chi connectivity index (χ3n) is 4.84. The Morgan fingerprint density at radius 2 is 1.90 bits per heavy atom. The topological polar surface area (TPSA) is 101 Å². The summed E-state index contributed by atoms with van der Waals surface area (Å²) in [5, 5.41) is 11.7. The summed E-state index contributed by atoms with van der Waals surface area (Å²) in [5.74, 6) is 0.629. The van der Waals surface area contributed by atoms with Crippen LogP contribution in [0.2, 0.25) is 4.34 Å². The number of hydrogen-bond acceptors (Lipinski definition) is 6. The molecule has 8 nitrogen and oxygen atoms in total. The van der Waals surface area contributed by atoms with Gasteiger partial charge in [0.15, 0.2) is 11.5 Å². The molecule has 0 aromatic carbocycles. The lowest BCUT2D eigenvalue weighted by Crippen LogP contribution is -1.87. The van der Waals surface area contributed by atoms with Gasteiger partial charge in [-0.3, -0.25) is 14.8 Å². The molecule has 0 aliphatic heterocycles. The quantitative estimate of drug-likeness (QED) is 0.423. The van der Waals surface area contributed by atoms with Gasteiger partial charge in [0.1, 0.15) is 16.7 Å². The monoisotopic (exact) mass is 432 g/mol. The van der Waals surface area contributed by atoms with Crippen LogP contribution in [0.1, 0.15) is 0 Å². The maximum atomic E-state index is 6.11. The Morgan fingerprint density at radius 3 is 2.70 bits per heavy atom. The van der Waals surface area contributed by atoms with E-state index in [0.29, 0.717) is 15.9 Å². The van der Waals surface area contributed by atoms with Crippen molar-refractivity contribution < 1.29 is 0 Å². The van der Waals surface area contributed by atoms with Crippen molar-refractivity contribution >= 4 is 45.0 Å². The minimum Gasteiger partial charge on any atom is -0.336 e. The van der Waals surface area contributed by atoms with Crippen LogP contribution in [0.25, 0.3) is 55.4 Å². The van der Waals surface area contributed by atoms with Crippen LogP contribution >= 0.6 is 22.9 Å². The molecule has 0 atom stereocenters. The molecule has 6 heterocycles. The van der Waals surface area contributed by atoms with Crippen LogP contribution in [0, 0.1) is 0 Å². The molecule has 0 spiro atoms. The van der Waals surface area contributed by atoms with Crippen molar-refractivity contribution in [1.29, 1.82) is 0 Å². The maximum absolute atomic E-state index is 6.11. The third-order valence-corrected chi connectivity index (χ3v) is 6.08. The zero-order valence-electron chi connectivity index (χ0n) is 15.6. The fourth-order valence-corrected chi connectivity index (χ4v) is 4.49. The fraction of sp³-hybridized carbons (Fsp3) is 0.0500. The Balaban J connectivity index is 1.52. The van der Waals surface area contributed by atoms with E-state index in [1.54, 1.807) is 17.1 Å². The first-order valence-electron chi connectivity index (χ1n) is 9.11. The molecule has 2 N–H and O–H groups in total. The van der Waals surface area contributed by atoms with E-state index >= 15 is 0 Å². The van der Waals surface area contributed by atoms with Gasteiger partial charge in [0, 0.05) is 25.0 Å². The Labute approximate surface area is 178 Å². The van der Waals surface area contributed by atoms with E-state index < -0.39 is 0 Å². The number of thiophene rings is 1. The molecular weight excluding hydrogens is 420 g/mol. The molecule has 0 saturated heterocycles. The zero-order chi connectivity index (χ0) is 20.2. The second-order valence-electron chi connectivity index (χ2n) is 6.81. The van der Waals surface area contributed by atoms with Gasteiger partial charge in [0.05, 0.1) is 32.1 Å². The number of H-pyrrole nitrogens is 2. The Morgan fingerprint density at radius 1 is 1.00 bits per heavy atom. The van der Waals surface area contributed by atoms with Gasteiger partial charge < -0.3 is 4.98 Å². The number of nitrogens with zero attached hydrogens (tertiary/aromatic N) is 6. The van der Waals surface area contributed by atoms with Gasteiger partial charge in [0.2, 0.25) is 0 Å². The van der Waals surface area contributed by atoms with Gasteiger partial charge >= 0.3 is 0 Å². The summed E-state index contributed by atoms with van der Waals surface area (Å²) in [4.78, 5) is 18.5. The normalized spacial score (nSPS) is 11.7. The molecule has 6 rings (SSSR count). The van der Waals surface area contributed by atoms with Crippen LogP contribution in [0.5, 0.6) is 0 Å². The van der Waals surface area contributed by atoms with Crippen LogP contribution in [0.4, 0.5) is 0 Å². The molecule has 30 heavy (non-hydrogen) atoms. The van der Waals surface area contributed by atoms with Crippen LogP contribution in [-0.4, -0.2) is 39.9 Å². The number of aromatic amines is 2. The average molecular weight is 433 g/mol. The first-order valence-corrected chi connectivity index (χ1v) is 10.3. The first kappa shape index (κ1) is 17.3. The van der Waals surface area contributed by atoms with Crippen LogP contribution < -0.4 is 0 Å². The second-order valence-corrected chi connectivity index (χ2v) is 8.53.